The molecular formula is C11H22N2O2. The van der Waals surface area contributed by atoms with E-state index in [1.54, 1.807) is 6.92 Å². The van der Waals surface area contributed by atoms with Crippen LogP contribution in [-0.2, 0) is 4.79 Å². The summed E-state index contributed by atoms with van der Waals surface area (Å²) >= 11 is 0. The summed E-state index contributed by atoms with van der Waals surface area (Å²) < 4.78 is 0. The maximum Gasteiger partial charge on any atom is 0.237 e. The summed E-state index contributed by atoms with van der Waals surface area (Å²) in [6.07, 6.45) is 0.490. The molecule has 2 N–H and O–H groups in total. The van der Waals surface area contributed by atoms with Gasteiger partial charge >= 0.3 is 0 Å². The minimum absolute atomic E-state index is 0.0617. The topological polar surface area (TPSA) is 52.6 Å². The lowest BCUT2D eigenvalue weighted by atomic mass is 10.00. The summed E-state index contributed by atoms with van der Waals surface area (Å²) in [7, 11) is 0. The molecule has 2 unspecified atom stereocenters. The molecule has 1 heterocycles. The molecule has 0 aromatic carbocycles. The van der Waals surface area contributed by atoms with Gasteiger partial charge in [-0.2, -0.15) is 0 Å². The second-order valence-electron chi connectivity index (χ2n) is 4.78. The third-order valence-corrected chi connectivity index (χ3v) is 2.64. The highest BCUT2D eigenvalue weighted by atomic mass is 16.3. The Hall–Kier alpha value is -0.610. The van der Waals surface area contributed by atoms with Crippen molar-refractivity contribution >= 4 is 5.91 Å². The van der Waals surface area contributed by atoms with Crippen LogP contribution in [0.5, 0.6) is 0 Å². The van der Waals surface area contributed by atoms with Crippen molar-refractivity contribution in [2.75, 3.05) is 19.6 Å². The van der Waals surface area contributed by atoms with Gasteiger partial charge in [0.05, 0.1) is 12.1 Å². The number of amides is 1. The molecule has 4 nitrogen and oxygen atoms in total. The number of carbonyl (C=O) groups is 1. The number of rotatable bonds is 4. The van der Waals surface area contributed by atoms with Crippen LogP contribution in [0.2, 0.25) is 0 Å². The van der Waals surface area contributed by atoms with Gasteiger partial charge in [0, 0.05) is 19.6 Å². The molecule has 15 heavy (non-hydrogen) atoms. The Kier molecular flexibility index (Phi) is 4.54. The van der Waals surface area contributed by atoms with Crippen LogP contribution in [0.25, 0.3) is 0 Å². The van der Waals surface area contributed by atoms with Gasteiger partial charge < -0.3 is 10.4 Å². The average Bonchev–Trinajstić information content (AvgIpc) is 2.09. The first-order valence-corrected chi connectivity index (χ1v) is 5.70. The Morgan fingerprint density at radius 2 is 2.20 bits per heavy atom. The summed E-state index contributed by atoms with van der Waals surface area (Å²) in [5.74, 6) is 0.603. The Bertz CT molecular complexity index is 217. The quantitative estimate of drug-likeness (QED) is 0.703. The van der Waals surface area contributed by atoms with Crippen molar-refractivity contribution in [1.82, 2.24) is 10.2 Å². The van der Waals surface area contributed by atoms with Crippen molar-refractivity contribution in [3.05, 3.63) is 0 Å². The maximum atomic E-state index is 11.7. The van der Waals surface area contributed by atoms with Crippen LogP contribution in [0.15, 0.2) is 0 Å². The normalized spacial score (nSPS) is 25.4. The van der Waals surface area contributed by atoms with E-state index in [1.165, 1.54) is 0 Å². The highest BCUT2D eigenvalue weighted by molar-refractivity contribution is 5.82. The molecule has 0 saturated carbocycles. The van der Waals surface area contributed by atoms with E-state index < -0.39 is 0 Å². The van der Waals surface area contributed by atoms with Crippen LogP contribution >= 0.6 is 0 Å². The van der Waals surface area contributed by atoms with Gasteiger partial charge in [0.15, 0.2) is 0 Å². The molecule has 2 atom stereocenters. The molecule has 0 aliphatic carbocycles. The monoisotopic (exact) mass is 214 g/mol. The second kappa shape index (κ2) is 5.47. The van der Waals surface area contributed by atoms with E-state index in [9.17, 15) is 9.90 Å². The van der Waals surface area contributed by atoms with Crippen molar-refractivity contribution in [2.45, 2.75) is 39.3 Å². The predicted octanol–water partition coefficient (Wildman–Crippen LogP) is 0.214. The minimum Gasteiger partial charge on any atom is -0.392 e. The molecule has 1 saturated heterocycles. The van der Waals surface area contributed by atoms with E-state index in [4.69, 9.17) is 0 Å². The van der Waals surface area contributed by atoms with Gasteiger partial charge in [0.1, 0.15) is 0 Å². The van der Waals surface area contributed by atoms with E-state index in [0.717, 1.165) is 13.0 Å². The first-order valence-electron chi connectivity index (χ1n) is 5.70. The summed E-state index contributed by atoms with van der Waals surface area (Å²) in [5.41, 5.74) is 0. The number of aliphatic hydroxyl groups is 1. The van der Waals surface area contributed by atoms with Crippen LogP contribution < -0.4 is 5.32 Å². The first kappa shape index (κ1) is 12.5. The van der Waals surface area contributed by atoms with Gasteiger partial charge in [0.2, 0.25) is 5.91 Å². The molecule has 0 bridgehead atoms. The number of nitrogens with zero attached hydrogens (tertiary/aromatic N) is 1. The third-order valence-electron chi connectivity index (χ3n) is 2.64. The van der Waals surface area contributed by atoms with Crippen LogP contribution in [0.4, 0.5) is 0 Å². The molecule has 1 aliphatic heterocycles. The minimum atomic E-state index is -0.370. The molecule has 1 fully saturated rings. The molecule has 0 aromatic heterocycles. The van der Waals surface area contributed by atoms with Gasteiger partial charge in [-0.05, 0) is 19.3 Å². The van der Waals surface area contributed by atoms with E-state index in [0.29, 0.717) is 19.0 Å². The third kappa shape index (κ3) is 3.80. The fourth-order valence-electron chi connectivity index (χ4n) is 2.02. The number of β-amino-alcohol motifs (C(OH)–C–C–N with tert-alkyl or cyclic N) is 1. The number of nitrogens with one attached hydrogen (secondary N) is 1. The van der Waals surface area contributed by atoms with E-state index in [1.807, 2.05) is 0 Å². The van der Waals surface area contributed by atoms with Crippen LogP contribution in [0, 0.1) is 5.92 Å². The highest BCUT2D eigenvalue weighted by Crippen LogP contribution is 2.14. The standard InChI is InChI=1S/C11H22N2O2/c1-8(2)6-10-11(15)12-4-5-13(10)7-9(3)14/h8-10,14H,4-7H2,1-3H3,(H,12,15). The highest BCUT2D eigenvalue weighted by Gasteiger charge is 2.30. The molecule has 4 heteroatoms. The van der Waals surface area contributed by atoms with E-state index >= 15 is 0 Å². The number of aliphatic hydroxyl groups excluding tert-OH is 1. The van der Waals surface area contributed by atoms with Crippen molar-refractivity contribution in [1.29, 1.82) is 0 Å². The van der Waals surface area contributed by atoms with Gasteiger partial charge in [-0.15, -0.1) is 0 Å². The molecule has 0 aromatic rings. The second-order valence-corrected chi connectivity index (χ2v) is 4.78. The number of carbonyl (C=O) groups excluding carboxylic acids is 1. The van der Waals surface area contributed by atoms with Gasteiger partial charge in [-0.25, -0.2) is 0 Å². The lowest BCUT2D eigenvalue weighted by Gasteiger charge is -2.36. The predicted molar refractivity (Wildman–Crippen MR) is 59.5 cm³/mol. The zero-order valence-electron chi connectivity index (χ0n) is 9.86. The maximum absolute atomic E-state index is 11.7. The SMILES string of the molecule is CC(C)CC1C(=O)NCCN1CC(C)O. The molecule has 1 rings (SSSR count). The zero-order valence-corrected chi connectivity index (χ0v) is 9.86. The lowest BCUT2D eigenvalue weighted by Crippen LogP contribution is -2.56. The number of hydrogen-bond donors (Lipinski definition) is 2. The first-order chi connectivity index (χ1) is 7.00. The smallest absolute Gasteiger partial charge is 0.237 e. The largest absolute Gasteiger partial charge is 0.392 e. The fourth-order valence-corrected chi connectivity index (χ4v) is 2.02. The molecule has 0 spiro atoms. The van der Waals surface area contributed by atoms with Crippen LogP contribution in [0.1, 0.15) is 27.2 Å². The number of piperazine rings is 1. The lowest BCUT2D eigenvalue weighted by molar-refractivity contribution is -0.130. The average molecular weight is 214 g/mol. The number of hydrogen-bond acceptors (Lipinski definition) is 3. The molecule has 1 amide bonds. The summed E-state index contributed by atoms with van der Waals surface area (Å²) in [6, 6.07) is -0.0617. The Labute approximate surface area is 91.6 Å². The Morgan fingerprint density at radius 3 is 2.73 bits per heavy atom. The van der Waals surface area contributed by atoms with Crippen molar-refractivity contribution in [3.63, 3.8) is 0 Å². The van der Waals surface area contributed by atoms with Crippen molar-refractivity contribution in [3.8, 4) is 0 Å². The molecular weight excluding hydrogens is 192 g/mol. The van der Waals surface area contributed by atoms with E-state index in [2.05, 4.69) is 24.1 Å². The van der Waals surface area contributed by atoms with Gasteiger partial charge in [0.25, 0.3) is 0 Å². The molecule has 88 valence electrons. The van der Waals surface area contributed by atoms with E-state index in [-0.39, 0.29) is 18.1 Å². The summed E-state index contributed by atoms with van der Waals surface area (Å²) in [6.45, 7) is 8.11. The van der Waals surface area contributed by atoms with Gasteiger partial charge in [-0.1, -0.05) is 13.8 Å². The fraction of sp³-hybridized carbons (Fsp3) is 0.909. The molecule has 1 aliphatic rings. The van der Waals surface area contributed by atoms with Crippen LogP contribution in [-0.4, -0.2) is 47.7 Å². The van der Waals surface area contributed by atoms with Crippen molar-refractivity contribution in [2.24, 2.45) is 5.92 Å². The Balaban J connectivity index is 2.60. The summed E-state index contributed by atoms with van der Waals surface area (Å²) in [5, 5.41) is 12.2. The van der Waals surface area contributed by atoms with Crippen molar-refractivity contribution < 1.29 is 9.90 Å². The molecule has 0 radical (unpaired) electrons. The zero-order chi connectivity index (χ0) is 11.4. The van der Waals surface area contributed by atoms with Crippen LogP contribution in [0.3, 0.4) is 0 Å². The summed E-state index contributed by atoms with van der Waals surface area (Å²) in [4.78, 5) is 13.8. The van der Waals surface area contributed by atoms with Gasteiger partial charge in [-0.3, -0.25) is 9.69 Å². The Morgan fingerprint density at radius 1 is 1.53 bits per heavy atom.